The molecule has 0 spiro atoms. The average molecular weight is 397 g/mol. The molecule has 0 aliphatic heterocycles. The van der Waals surface area contributed by atoms with E-state index in [0.717, 1.165) is 17.7 Å². The molecule has 1 unspecified atom stereocenters. The monoisotopic (exact) mass is 396 g/mol. The molecule has 3 heteroatoms. The summed E-state index contributed by atoms with van der Waals surface area (Å²) in [5.41, 5.74) is 0.268. The van der Waals surface area contributed by atoms with E-state index >= 15 is 0 Å². The first kappa shape index (κ1) is 14.3. The lowest BCUT2D eigenvalue weighted by Gasteiger charge is -2.29. The van der Waals surface area contributed by atoms with Crippen LogP contribution in [0, 0.1) is 14.9 Å². The largest absolute Gasteiger partial charge is 0.492 e. The quantitative estimate of drug-likeness (QED) is 0.528. The molecule has 1 rings (SSSR count). The van der Waals surface area contributed by atoms with E-state index in [0.29, 0.717) is 5.92 Å². The van der Waals surface area contributed by atoms with Crippen LogP contribution in [0.1, 0.15) is 20.8 Å². The van der Waals surface area contributed by atoms with Gasteiger partial charge in [0.2, 0.25) is 0 Å². The maximum absolute atomic E-state index is 5.88. The predicted octanol–water partition coefficient (Wildman–Crippen LogP) is 4.73. The minimum absolute atomic E-state index is 0.268. The first-order valence-electron chi connectivity index (χ1n) is 5.38. The van der Waals surface area contributed by atoms with Crippen molar-refractivity contribution in [2.24, 2.45) is 11.3 Å². The Labute approximate surface area is 120 Å². The normalized spacial score (nSPS) is 13.6. The van der Waals surface area contributed by atoms with Gasteiger partial charge in [0.05, 0.1) is 10.2 Å². The second kappa shape index (κ2) is 6.24. The molecule has 1 aromatic rings. The summed E-state index contributed by atoms with van der Waals surface area (Å²) in [6, 6.07) is 8.13. The highest BCUT2D eigenvalue weighted by Crippen LogP contribution is 2.29. The average Bonchev–Trinajstić information content (AvgIpc) is 2.19. The second-order valence-corrected chi connectivity index (χ2v) is 6.77. The van der Waals surface area contributed by atoms with Crippen LogP contribution in [0.4, 0.5) is 0 Å². The van der Waals surface area contributed by atoms with Gasteiger partial charge in [-0.1, -0.05) is 48.8 Å². The van der Waals surface area contributed by atoms with Crippen LogP contribution in [0.15, 0.2) is 24.3 Å². The van der Waals surface area contributed by atoms with Crippen LogP contribution in [0.5, 0.6) is 5.75 Å². The molecule has 0 aliphatic rings. The Morgan fingerprint density at radius 2 is 1.94 bits per heavy atom. The molecule has 0 N–H and O–H groups in total. The molecule has 90 valence electrons. The van der Waals surface area contributed by atoms with E-state index < -0.39 is 0 Å². The van der Waals surface area contributed by atoms with Gasteiger partial charge in [0.25, 0.3) is 0 Å². The zero-order valence-electron chi connectivity index (χ0n) is 9.97. The summed E-state index contributed by atoms with van der Waals surface area (Å²) in [7, 11) is 0. The lowest BCUT2D eigenvalue weighted by atomic mass is 9.83. The lowest BCUT2D eigenvalue weighted by Crippen LogP contribution is -2.28. The second-order valence-electron chi connectivity index (χ2n) is 4.96. The highest BCUT2D eigenvalue weighted by Gasteiger charge is 2.24. The molecule has 0 aromatic heterocycles. The Hall–Kier alpha value is 0.230. The molecule has 1 nitrogen and oxygen atoms in total. The van der Waals surface area contributed by atoms with Crippen molar-refractivity contribution in [2.45, 2.75) is 20.8 Å². The molecule has 0 amide bonds. The molecule has 0 saturated heterocycles. The molecule has 0 radical (unpaired) electrons. The summed E-state index contributed by atoms with van der Waals surface area (Å²) in [5.74, 6) is 1.50. The number of rotatable bonds is 4. The van der Waals surface area contributed by atoms with E-state index in [9.17, 15) is 0 Å². The standard InChI is InChI=1S/C13H18BrIO/c1-13(2,3)10(8-14)9-16-12-7-5-4-6-11(12)15/h4-7,10H,8-9H2,1-3H3. The van der Waals surface area contributed by atoms with E-state index in [1.54, 1.807) is 0 Å². The third-order valence-corrected chi connectivity index (χ3v) is 4.36. The minimum Gasteiger partial charge on any atom is -0.492 e. The topological polar surface area (TPSA) is 9.23 Å². The van der Waals surface area contributed by atoms with Gasteiger partial charge in [0, 0.05) is 11.2 Å². The van der Waals surface area contributed by atoms with Crippen LogP contribution in [0.3, 0.4) is 0 Å². The van der Waals surface area contributed by atoms with Crippen molar-refractivity contribution >= 4 is 38.5 Å². The van der Waals surface area contributed by atoms with E-state index in [1.807, 2.05) is 18.2 Å². The molecule has 1 atom stereocenters. The van der Waals surface area contributed by atoms with Gasteiger partial charge >= 0.3 is 0 Å². The van der Waals surface area contributed by atoms with E-state index in [-0.39, 0.29) is 5.41 Å². The molecule has 0 saturated carbocycles. The Kier molecular flexibility index (Phi) is 5.57. The number of hydrogen-bond acceptors (Lipinski definition) is 1. The van der Waals surface area contributed by atoms with Crippen LogP contribution >= 0.6 is 38.5 Å². The molecule has 16 heavy (non-hydrogen) atoms. The first-order valence-corrected chi connectivity index (χ1v) is 7.58. The number of hydrogen-bond donors (Lipinski definition) is 0. The van der Waals surface area contributed by atoms with Crippen LogP contribution in [0.2, 0.25) is 0 Å². The lowest BCUT2D eigenvalue weighted by molar-refractivity contribution is 0.165. The summed E-state index contributed by atoms with van der Waals surface area (Å²) in [6.07, 6.45) is 0. The van der Waals surface area contributed by atoms with Crippen LogP contribution in [-0.2, 0) is 0 Å². The molecule has 0 heterocycles. The predicted molar refractivity (Wildman–Crippen MR) is 81.4 cm³/mol. The first-order chi connectivity index (χ1) is 7.45. The Morgan fingerprint density at radius 3 is 2.44 bits per heavy atom. The molecule has 0 fully saturated rings. The van der Waals surface area contributed by atoms with Crippen LogP contribution < -0.4 is 4.74 Å². The van der Waals surface area contributed by atoms with Gasteiger partial charge < -0.3 is 4.74 Å². The van der Waals surface area contributed by atoms with Gasteiger partial charge in [-0.05, 0) is 40.1 Å². The van der Waals surface area contributed by atoms with Crippen molar-refractivity contribution in [1.29, 1.82) is 0 Å². The van der Waals surface area contributed by atoms with Crippen molar-refractivity contribution in [3.8, 4) is 5.75 Å². The molecule has 1 aromatic carbocycles. The van der Waals surface area contributed by atoms with Crippen molar-refractivity contribution in [3.05, 3.63) is 27.8 Å². The molecular formula is C13H18BrIO. The van der Waals surface area contributed by atoms with Crippen molar-refractivity contribution in [1.82, 2.24) is 0 Å². The molecule has 0 aliphatic carbocycles. The van der Waals surface area contributed by atoms with Crippen molar-refractivity contribution in [3.63, 3.8) is 0 Å². The van der Waals surface area contributed by atoms with Gasteiger partial charge in [0.1, 0.15) is 5.75 Å². The summed E-state index contributed by atoms with van der Waals surface area (Å²) in [4.78, 5) is 0. The van der Waals surface area contributed by atoms with Gasteiger partial charge in [-0.3, -0.25) is 0 Å². The Bertz CT molecular complexity index is 333. The minimum atomic E-state index is 0.268. The van der Waals surface area contributed by atoms with E-state index in [4.69, 9.17) is 4.74 Å². The van der Waals surface area contributed by atoms with Gasteiger partial charge in [0.15, 0.2) is 0 Å². The fraction of sp³-hybridized carbons (Fsp3) is 0.538. The van der Waals surface area contributed by atoms with Crippen molar-refractivity contribution < 1.29 is 4.74 Å². The number of halogens is 2. The third-order valence-electron chi connectivity index (χ3n) is 2.69. The third kappa shape index (κ3) is 4.24. The van der Waals surface area contributed by atoms with Gasteiger partial charge in [-0.2, -0.15) is 0 Å². The maximum Gasteiger partial charge on any atom is 0.132 e. The Morgan fingerprint density at radius 1 is 1.31 bits per heavy atom. The summed E-state index contributed by atoms with van der Waals surface area (Å²) in [6.45, 7) is 7.50. The number of para-hydroxylation sites is 1. The number of ether oxygens (including phenoxy) is 1. The van der Waals surface area contributed by atoms with Crippen molar-refractivity contribution in [2.75, 3.05) is 11.9 Å². The highest BCUT2D eigenvalue weighted by atomic mass is 127. The zero-order chi connectivity index (χ0) is 12.2. The van der Waals surface area contributed by atoms with E-state index in [2.05, 4.69) is 65.4 Å². The summed E-state index contributed by atoms with van der Waals surface area (Å²) >= 11 is 5.87. The fourth-order valence-electron chi connectivity index (χ4n) is 1.28. The Balaban J connectivity index is 2.60. The van der Waals surface area contributed by atoms with Crippen LogP contribution in [0.25, 0.3) is 0 Å². The maximum atomic E-state index is 5.88. The van der Waals surface area contributed by atoms with E-state index in [1.165, 1.54) is 3.57 Å². The number of benzene rings is 1. The summed E-state index contributed by atoms with van der Waals surface area (Å²) < 4.78 is 7.05. The van der Waals surface area contributed by atoms with Gasteiger partial charge in [-0.25, -0.2) is 0 Å². The molecule has 0 bridgehead atoms. The highest BCUT2D eigenvalue weighted by molar-refractivity contribution is 14.1. The SMILES string of the molecule is CC(C)(C)C(CBr)COc1ccccc1I. The number of alkyl halides is 1. The van der Waals surface area contributed by atoms with Crippen LogP contribution in [-0.4, -0.2) is 11.9 Å². The zero-order valence-corrected chi connectivity index (χ0v) is 13.7. The smallest absolute Gasteiger partial charge is 0.132 e. The molecular weight excluding hydrogens is 379 g/mol. The van der Waals surface area contributed by atoms with Gasteiger partial charge in [-0.15, -0.1) is 0 Å². The summed E-state index contributed by atoms with van der Waals surface area (Å²) in [5, 5.41) is 0.972. The fourth-order valence-corrected chi connectivity index (χ4v) is 2.98.